The van der Waals surface area contributed by atoms with Gasteiger partial charge in [0.05, 0.1) is 0 Å². The molecule has 4 heteroatoms. The van der Waals surface area contributed by atoms with Crippen molar-refractivity contribution in [2.24, 2.45) is 0 Å². The zero-order chi connectivity index (χ0) is 22.4. The minimum atomic E-state index is 0.319. The number of allylic oxidation sites excluding steroid dienone is 3. The summed E-state index contributed by atoms with van der Waals surface area (Å²) in [4.78, 5) is 4.77. The van der Waals surface area contributed by atoms with Gasteiger partial charge < -0.3 is 4.90 Å². The lowest BCUT2D eigenvalue weighted by atomic mass is 9.90. The SMILES string of the molecule is CCN(CC)c1ccc(C(=C2C=CC(N(CC)CC)C=C2)c2cc(Cl)ccc2Cl)cc1. The number of likely N-dealkylation sites (N-methyl/N-ethyl adjacent to an activating group) is 1. The van der Waals surface area contributed by atoms with Crippen LogP contribution in [-0.2, 0) is 0 Å². The Balaban J connectivity index is 2.09. The first kappa shape index (κ1) is 23.7. The van der Waals surface area contributed by atoms with Gasteiger partial charge in [-0.15, -0.1) is 0 Å². The average Bonchev–Trinajstić information content (AvgIpc) is 2.80. The predicted octanol–water partition coefficient (Wildman–Crippen LogP) is 7.48. The Morgan fingerprint density at radius 1 is 0.806 bits per heavy atom. The molecule has 0 N–H and O–H groups in total. The van der Waals surface area contributed by atoms with E-state index in [0.717, 1.165) is 48.5 Å². The van der Waals surface area contributed by atoms with Gasteiger partial charge in [0.15, 0.2) is 0 Å². The molecule has 0 heterocycles. The summed E-state index contributed by atoms with van der Waals surface area (Å²) in [5.74, 6) is 0. The number of benzene rings is 2. The van der Waals surface area contributed by atoms with Crippen LogP contribution in [0.15, 0.2) is 72.3 Å². The van der Waals surface area contributed by atoms with Crippen LogP contribution in [0.4, 0.5) is 5.69 Å². The summed E-state index contributed by atoms with van der Waals surface area (Å²) in [6, 6.07) is 14.7. The smallest absolute Gasteiger partial charge is 0.0485 e. The number of anilines is 1. The van der Waals surface area contributed by atoms with Gasteiger partial charge >= 0.3 is 0 Å². The van der Waals surface area contributed by atoms with E-state index in [2.05, 4.69) is 86.1 Å². The molecule has 164 valence electrons. The first-order valence-electron chi connectivity index (χ1n) is 11.2. The Kier molecular flexibility index (Phi) is 8.43. The van der Waals surface area contributed by atoms with Gasteiger partial charge in [0.25, 0.3) is 0 Å². The zero-order valence-corrected chi connectivity index (χ0v) is 20.4. The predicted molar refractivity (Wildman–Crippen MR) is 137 cm³/mol. The van der Waals surface area contributed by atoms with Crippen LogP contribution >= 0.6 is 23.2 Å². The highest BCUT2D eigenvalue weighted by atomic mass is 35.5. The van der Waals surface area contributed by atoms with Gasteiger partial charge in [0.2, 0.25) is 0 Å². The largest absolute Gasteiger partial charge is 0.372 e. The van der Waals surface area contributed by atoms with Crippen LogP contribution in [0.25, 0.3) is 5.57 Å². The van der Waals surface area contributed by atoms with Gasteiger partial charge in [-0.05, 0) is 74.0 Å². The molecular weight excluding hydrogens is 423 g/mol. The molecule has 1 aliphatic carbocycles. The number of hydrogen-bond donors (Lipinski definition) is 0. The normalized spacial score (nSPS) is 15.6. The van der Waals surface area contributed by atoms with Gasteiger partial charge in [-0.1, -0.05) is 73.5 Å². The van der Waals surface area contributed by atoms with Crippen molar-refractivity contribution in [2.75, 3.05) is 31.1 Å². The van der Waals surface area contributed by atoms with E-state index in [0.29, 0.717) is 16.1 Å². The fourth-order valence-electron chi connectivity index (χ4n) is 4.17. The lowest BCUT2D eigenvalue weighted by molar-refractivity contribution is 0.287. The molecule has 0 unspecified atom stereocenters. The maximum Gasteiger partial charge on any atom is 0.0485 e. The molecule has 0 saturated carbocycles. The van der Waals surface area contributed by atoms with E-state index in [4.69, 9.17) is 23.2 Å². The fraction of sp³-hybridized carbons (Fsp3) is 0.333. The highest BCUT2D eigenvalue weighted by Gasteiger charge is 2.18. The summed E-state index contributed by atoms with van der Waals surface area (Å²) < 4.78 is 0. The third-order valence-corrected chi connectivity index (χ3v) is 6.52. The van der Waals surface area contributed by atoms with Crippen molar-refractivity contribution in [3.05, 3.63) is 93.5 Å². The third-order valence-electron chi connectivity index (χ3n) is 5.95. The van der Waals surface area contributed by atoms with Crippen LogP contribution in [0, 0.1) is 0 Å². The van der Waals surface area contributed by atoms with Crippen molar-refractivity contribution in [3.8, 4) is 0 Å². The third kappa shape index (κ3) is 5.44. The highest BCUT2D eigenvalue weighted by Crippen LogP contribution is 2.36. The summed E-state index contributed by atoms with van der Waals surface area (Å²) >= 11 is 13.0. The molecule has 2 aromatic rings. The van der Waals surface area contributed by atoms with Crippen LogP contribution in [-0.4, -0.2) is 37.1 Å². The van der Waals surface area contributed by atoms with E-state index < -0.39 is 0 Å². The second-order valence-electron chi connectivity index (χ2n) is 7.60. The van der Waals surface area contributed by atoms with Gasteiger partial charge in [0.1, 0.15) is 0 Å². The van der Waals surface area contributed by atoms with Gasteiger partial charge in [-0.25, -0.2) is 0 Å². The second kappa shape index (κ2) is 11.0. The quantitative estimate of drug-likeness (QED) is 0.407. The van der Waals surface area contributed by atoms with E-state index in [-0.39, 0.29) is 0 Å². The van der Waals surface area contributed by atoms with Crippen molar-refractivity contribution >= 4 is 34.5 Å². The standard InChI is InChI=1S/C27H32Cl2N2/c1-5-30(6-2)23-14-9-20(10-15-23)27(25-19-22(28)13-18-26(25)29)21-11-16-24(17-12-21)31(7-3)8-4/h9-19,23H,5-8H2,1-4H3. The van der Waals surface area contributed by atoms with Crippen LogP contribution in [0.2, 0.25) is 10.0 Å². The summed E-state index contributed by atoms with van der Waals surface area (Å²) in [5, 5.41) is 1.38. The van der Waals surface area contributed by atoms with E-state index in [1.807, 2.05) is 18.2 Å². The number of halogens is 2. The van der Waals surface area contributed by atoms with Crippen molar-refractivity contribution in [2.45, 2.75) is 33.7 Å². The molecule has 0 fully saturated rings. The molecule has 0 aromatic heterocycles. The molecule has 2 nitrogen and oxygen atoms in total. The topological polar surface area (TPSA) is 6.48 Å². The summed E-state index contributed by atoms with van der Waals surface area (Å²) in [6.45, 7) is 12.8. The van der Waals surface area contributed by atoms with E-state index in [9.17, 15) is 0 Å². The number of hydrogen-bond acceptors (Lipinski definition) is 2. The van der Waals surface area contributed by atoms with Crippen LogP contribution in [0.3, 0.4) is 0 Å². The summed E-state index contributed by atoms with van der Waals surface area (Å²) in [7, 11) is 0. The zero-order valence-electron chi connectivity index (χ0n) is 18.9. The molecule has 0 radical (unpaired) electrons. The average molecular weight is 455 g/mol. The maximum absolute atomic E-state index is 6.65. The van der Waals surface area contributed by atoms with Gasteiger partial charge in [-0.3, -0.25) is 4.90 Å². The Labute approximate surface area is 197 Å². The maximum atomic E-state index is 6.65. The second-order valence-corrected chi connectivity index (χ2v) is 8.45. The Morgan fingerprint density at radius 2 is 1.42 bits per heavy atom. The van der Waals surface area contributed by atoms with Crippen LogP contribution in [0.1, 0.15) is 38.8 Å². The van der Waals surface area contributed by atoms with E-state index in [1.54, 1.807) is 0 Å². The van der Waals surface area contributed by atoms with Crippen LogP contribution < -0.4 is 4.90 Å². The molecule has 0 saturated heterocycles. The van der Waals surface area contributed by atoms with E-state index >= 15 is 0 Å². The minimum Gasteiger partial charge on any atom is -0.372 e. The fourth-order valence-corrected chi connectivity index (χ4v) is 4.56. The monoisotopic (exact) mass is 454 g/mol. The summed E-state index contributed by atoms with van der Waals surface area (Å²) in [5.41, 5.74) is 5.56. The number of nitrogens with zero attached hydrogens (tertiary/aromatic N) is 2. The van der Waals surface area contributed by atoms with Crippen molar-refractivity contribution in [1.29, 1.82) is 0 Å². The molecule has 0 bridgehead atoms. The first-order chi connectivity index (χ1) is 15.0. The van der Waals surface area contributed by atoms with Crippen LogP contribution in [0.5, 0.6) is 0 Å². The molecule has 0 aliphatic heterocycles. The van der Waals surface area contributed by atoms with Crippen molar-refractivity contribution in [1.82, 2.24) is 4.90 Å². The lowest BCUT2D eigenvalue weighted by Gasteiger charge is -2.27. The molecule has 0 atom stereocenters. The molecule has 0 amide bonds. The van der Waals surface area contributed by atoms with Gasteiger partial charge in [-0.2, -0.15) is 0 Å². The Hall–Kier alpha value is -2.00. The Bertz CT molecular complexity index is 949. The summed E-state index contributed by atoms with van der Waals surface area (Å²) in [6.07, 6.45) is 8.97. The highest BCUT2D eigenvalue weighted by molar-refractivity contribution is 6.34. The van der Waals surface area contributed by atoms with Crippen molar-refractivity contribution in [3.63, 3.8) is 0 Å². The molecular formula is C27H32Cl2N2. The molecule has 1 aliphatic rings. The molecule has 31 heavy (non-hydrogen) atoms. The lowest BCUT2D eigenvalue weighted by Crippen LogP contribution is -2.32. The van der Waals surface area contributed by atoms with E-state index in [1.165, 1.54) is 5.69 Å². The number of rotatable bonds is 8. The Morgan fingerprint density at radius 3 is 1.97 bits per heavy atom. The molecule has 2 aromatic carbocycles. The van der Waals surface area contributed by atoms with Gasteiger partial charge in [0, 0.05) is 40.4 Å². The van der Waals surface area contributed by atoms with Crippen molar-refractivity contribution < 1.29 is 0 Å². The minimum absolute atomic E-state index is 0.319. The molecule has 3 rings (SSSR count). The molecule has 0 spiro atoms. The first-order valence-corrected chi connectivity index (χ1v) is 11.9.